The molecule has 0 bridgehead atoms. The van der Waals surface area contributed by atoms with E-state index in [9.17, 15) is 4.39 Å². The average Bonchev–Trinajstić information content (AvgIpc) is 2.94. The third-order valence-corrected chi connectivity index (χ3v) is 4.19. The lowest BCUT2D eigenvalue weighted by molar-refractivity contribution is 0.608. The van der Waals surface area contributed by atoms with Crippen molar-refractivity contribution in [3.8, 4) is 0 Å². The van der Waals surface area contributed by atoms with Gasteiger partial charge in [-0.3, -0.25) is 0 Å². The van der Waals surface area contributed by atoms with Crippen molar-refractivity contribution in [3.05, 3.63) is 71.2 Å². The van der Waals surface area contributed by atoms with E-state index in [0.717, 1.165) is 29.5 Å². The van der Waals surface area contributed by atoms with Crippen LogP contribution in [-0.4, -0.2) is 4.98 Å². The number of benzene rings is 2. The van der Waals surface area contributed by atoms with Crippen molar-refractivity contribution in [2.45, 2.75) is 32.6 Å². The summed E-state index contributed by atoms with van der Waals surface area (Å²) in [6.45, 7) is 4.17. The number of aromatic nitrogens is 1. The normalized spacial score (nSPS) is 12.7. The first-order valence-corrected chi connectivity index (χ1v) is 7.51. The molecule has 0 aliphatic carbocycles. The van der Waals surface area contributed by atoms with Crippen LogP contribution in [0.2, 0.25) is 0 Å². The Morgan fingerprint density at radius 2 is 1.95 bits per heavy atom. The molecule has 3 aromatic rings. The van der Waals surface area contributed by atoms with E-state index in [1.807, 2.05) is 25.3 Å². The lowest BCUT2D eigenvalue weighted by atomic mass is 9.92. The van der Waals surface area contributed by atoms with Crippen LogP contribution in [0.25, 0.3) is 10.9 Å². The molecule has 1 aromatic heterocycles. The zero-order chi connectivity index (χ0) is 14.8. The van der Waals surface area contributed by atoms with Gasteiger partial charge in [0.15, 0.2) is 0 Å². The van der Waals surface area contributed by atoms with E-state index < -0.39 is 0 Å². The van der Waals surface area contributed by atoms with Crippen molar-refractivity contribution in [2.24, 2.45) is 0 Å². The fourth-order valence-corrected chi connectivity index (χ4v) is 2.85. The van der Waals surface area contributed by atoms with Gasteiger partial charge in [0.05, 0.1) is 0 Å². The molecule has 2 aromatic carbocycles. The Bertz CT molecular complexity index is 757. The number of rotatable bonds is 4. The second-order valence-corrected chi connectivity index (χ2v) is 5.71. The highest BCUT2D eigenvalue weighted by molar-refractivity contribution is 5.80. The van der Waals surface area contributed by atoms with Gasteiger partial charge in [0.25, 0.3) is 0 Å². The molecule has 3 rings (SSSR count). The zero-order valence-electron chi connectivity index (χ0n) is 12.5. The van der Waals surface area contributed by atoms with Crippen LogP contribution in [-0.2, 0) is 12.8 Å². The Kier molecular flexibility index (Phi) is 3.78. The van der Waals surface area contributed by atoms with Crippen LogP contribution in [0.3, 0.4) is 0 Å². The zero-order valence-corrected chi connectivity index (χ0v) is 12.5. The van der Waals surface area contributed by atoms with Gasteiger partial charge in [-0.2, -0.15) is 0 Å². The molecule has 1 heterocycles. The van der Waals surface area contributed by atoms with Crippen LogP contribution in [0.15, 0.2) is 48.7 Å². The van der Waals surface area contributed by atoms with Crippen LogP contribution in [0, 0.1) is 5.82 Å². The quantitative estimate of drug-likeness (QED) is 0.675. The summed E-state index contributed by atoms with van der Waals surface area (Å²) in [5.41, 5.74) is 4.30. The maximum absolute atomic E-state index is 13.9. The van der Waals surface area contributed by atoms with E-state index in [2.05, 4.69) is 36.2 Å². The summed E-state index contributed by atoms with van der Waals surface area (Å²) in [5, 5.41) is 1.23. The molecule has 0 radical (unpaired) electrons. The highest BCUT2D eigenvalue weighted by atomic mass is 19.1. The molecule has 0 spiro atoms. The van der Waals surface area contributed by atoms with Crippen molar-refractivity contribution < 1.29 is 4.39 Å². The number of aromatic amines is 1. The molecule has 1 unspecified atom stereocenters. The molecule has 0 amide bonds. The molecular weight excluding hydrogens is 261 g/mol. The number of hydrogen-bond acceptors (Lipinski definition) is 0. The van der Waals surface area contributed by atoms with Crippen LogP contribution in [0.5, 0.6) is 0 Å². The largest absolute Gasteiger partial charge is 0.361 e. The van der Waals surface area contributed by atoms with E-state index in [-0.39, 0.29) is 5.82 Å². The summed E-state index contributed by atoms with van der Waals surface area (Å²) < 4.78 is 13.9. The highest BCUT2D eigenvalue weighted by Crippen LogP contribution is 2.25. The van der Waals surface area contributed by atoms with Crippen molar-refractivity contribution >= 4 is 10.9 Å². The molecule has 1 atom stereocenters. The van der Waals surface area contributed by atoms with Gasteiger partial charge in [-0.15, -0.1) is 0 Å². The third-order valence-electron chi connectivity index (χ3n) is 4.19. The van der Waals surface area contributed by atoms with Gasteiger partial charge in [-0.05, 0) is 65.1 Å². The Hall–Kier alpha value is -2.09. The average molecular weight is 281 g/mol. The highest BCUT2D eigenvalue weighted by Gasteiger charge is 2.09. The van der Waals surface area contributed by atoms with Crippen LogP contribution >= 0.6 is 0 Å². The minimum absolute atomic E-state index is 0.0803. The number of aryl methyl sites for hydroxylation is 1. The first-order valence-electron chi connectivity index (χ1n) is 7.51. The molecule has 2 heteroatoms. The standard InChI is InChI=1S/C19H20FN/c1-3-15-5-4-14(11-18(15)20)10-13(2)16-6-7-19-17(12-16)8-9-21-19/h4-9,11-13,21H,3,10H2,1-2H3. The van der Waals surface area contributed by atoms with E-state index in [4.69, 9.17) is 0 Å². The predicted molar refractivity (Wildman–Crippen MR) is 86.2 cm³/mol. The maximum atomic E-state index is 13.9. The first-order chi connectivity index (χ1) is 10.2. The molecule has 108 valence electrons. The van der Waals surface area contributed by atoms with E-state index in [1.165, 1.54) is 10.9 Å². The lowest BCUT2D eigenvalue weighted by Gasteiger charge is -2.13. The Morgan fingerprint density at radius 3 is 2.71 bits per heavy atom. The van der Waals surface area contributed by atoms with Crippen molar-refractivity contribution in [1.82, 2.24) is 4.98 Å². The molecule has 1 nitrogen and oxygen atoms in total. The van der Waals surface area contributed by atoms with Gasteiger partial charge >= 0.3 is 0 Å². The van der Waals surface area contributed by atoms with Crippen molar-refractivity contribution in [2.75, 3.05) is 0 Å². The summed E-state index contributed by atoms with van der Waals surface area (Å²) in [4.78, 5) is 3.21. The second kappa shape index (κ2) is 5.72. The SMILES string of the molecule is CCc1ccc(CC(C)c2ccc3[nH]ccc3c2)cc1F. The third kappa shape index (κ3) is 2.85. The Morgan fingerprint density at radius 1 is 1.10 bits per heavy atom. The topological polar surface area (TPSA) is 15.8 Å². The first kappa shape index (κ1) is 13.9. The summed E-state index contributed by atoms with van der Waals surface area (Å²) in [7, 11) is 0. The minimum Gasteiger partial charge on any atom is -0.361 e. The summed E-state index contributed by atoms with van der Waals surface area (Å²) in [6, 6.07) is 14.2. The van der Waals surface area contributed by atoms with E-state index in [0.29, 0.717) is 5.92 Å². The van der Waals surface area contributed by atoms with Crippen LogP contribution < -0.4 is 0 Å². The lowest BCUT2D eigenvalue weighted by Crippen LogP contribution is -2.00. The van der Waals surface area contributed by atoms with Gasteiger partial charge in [0, 0.05) is 11.7 Å². The van der Waals surface area contributed by atoms with Crippen LogP contribution in [0.4, 0.5) is 4.39 Å². The number of nitrogens with one attached hydrogen (secondary N) is 1. The fourth-order valence-electron chi connectivity index (χ4n) is 2.85. The van der Waals surface area contributed by atoms with Crippen molar-refractivity contribution in [3.63, 3.8) is 0 Å². The molecule has 0 aliphatic heterocycles. The van der Waals surface area contributed by atoms with E-state index in [1.54, 1.807) is 6.07 Å². The summed E-state index contributed by atoms with van der Waals surface area (Å²) in [6.07, 6.45) is 3.56. The summed E-state index contributed by atoms with van der Waals surface area (Å²) >= 11 is 0. The minimum atomic E-state index is -0.0803. The predicted octanol–water partition coefficient (Wildman–Crippen LogP) is 5.22. The van der Waals surface area contributed by atoms with Gasteiger partial charge in [-0.1, -0.05) is 32.0 Å². The van der Waals surface area contributed by atoms with Gasteiger partial charge in [0.2, 0.25) is 0 Å². The maximum Gasteiger partial charge on any atom is 0.126 e. The fraction of sp³-hybridized carbons (Fsp3) is 0.263. The summed E-state index contributed by atoms with van der Waals surface area (Å²) in [5.74, 6) is 0.291. The number of H-pyrrole nitrogens is 1. The second-order valence-electron chi connectivity index (χ2n) is 5.71. The smallest absolute Gasteiger partial charge is 0.126 e. The molecule has 1 N–H and O–H groups in total. The van der Waals surface area contributed by atoms with Gasteiger partial charge in [0.1, 0.15) is 5.82 Å². The Labute approximate surface area is 124 Å². The molecular formula is C19H20FN. The molecule has 0 fully saturated rings. The van der Waals surface area contributed by atoms with Crippen LogP contribution in [0.1, 0.15) is 36.5 Å². The molecule has 0 saturated heterocycles. The monoisotopic (exact) mass is 281 g/mol. The molecule has 0 saturated carbocycles. The van der Waals surface area contributed by atoms with Gasteiger partial charge in [-0.25, -0.2) is 4.39 Å². The Balaban J connectivity index is 1.81. The number of halogens is 1. The molecule has 0 aliphatic rings. The van der Waals surface area contributed by atoms with E-state index >= 15 is 0 Å². The van der Waals surface area contributed by atoms with Crippen molar-refractivity contribution in [1.29, 1.82) is 0 Å². The van der Waals surface area contributed by atoms with Gasteiger partial charge < -0.3 is 4.98 Å². The number of hydrogen-bond donors (Lipinski definition) is 1. The molecule has 21 heavy (non-hydrogen) atoms. The number of fused-ring (bicyclic) bond motifs is 1.